The molecule has 1 N–H and O–H groups in total. The Balaban J connectivity index is 1.97. The average Bonchev–Trinajstić information content (AvgIpc) is 3.20. The largest absolute Gasteiger partial charge is 0.506 e. The number of hydrogen-bond acceptors (Lipinski definition) is 10. The Morgan fingerprint density at radius 3 is 2.50 bits per heavy atom. The number of azo groups is 2. The summed E-state index contributed by atoms with van der Waals surface area (Å²) in [6.45, 7) is 1.77. The Morgan fingerprint density at radius 1 is 1.12 bits per heavy atom. The number of phenolic OH excluding ortho intramolecular Hbond substituents is 1. The van der Waals surface area contributed by atoms with Crippen LogP contribution >= 0.6 is 11.5 Å². The van der Waals surface area contributed by atoms with E-state index in [-0.39, 0.29) is 11.4 Å². The van der Waals surface area contributed by atoms with Crippen molar-refractivity contribution in [1.82, 2.24) is 19.1 Å². The molecule has 10 nitrogen and oxygen atoms in total. The summed E-state index contributed by atoms with van der Waals surface area (Å²) in [4.78, 5) is 5.93. The summed E-state index contributed by atoms with van der Waals surface area (Å²) in [5.74, 6) is 1.22. The lowest BCUT2D eigenvalue weighted by atomic mass is 10.2. The number of nitrogens with zero attached hydrogens (tertiary/aromatic N) is 9. The van der Waals surface area contributed by atoms with Gasteiger partial charge < -0.3 is 10.0 Å². The fourth-order valence-electron chi connectivity index (χ4n) is 2.07. The first-order chi connectivity index (χ1) is 12.4. The number of aromatic nitrogens is 4. The van der Waals surface area contributed by atoms with Crippen molar-refractivity contribution < 1.29 is 5.11 Å². The summed E-state index contributed by atoms with van der Waals surface area (Å²) in [6.07, 6.45) is 1.64. The molecule has 3 rings (SSSR count). The molecule has 1 aromatic carbocycles. The predicted molar refractivity (Wildman–Crippen MR) is 98.6 cm³/mol. The van der Waals surface area contributed by atoms with Crippen LogP contribution in [0.2, 0.25) is 0 Å². The summed E-state index contributed by atoms with van der Waals surface area (Å²) in [6, 6.07) is 4.93. The first-order valence-electron chi connectivity index (χ1n) is 7.60. The highest BCUT2D eigenvalue weighted by Gasteiger charge is 2.12. The Kier molecular flexibility index (Phi) is 4.98. The number of aromatic hydroxyl groups is 1. The van der Waals surface area contributed by atoms with Crippen LogP contribution in [0.5, 0.6) is 5.75 Å². The molecular weight excluding hydrogens is 354 g/mol. The molecule has 0 amide bonds. The number of aryl methyl sites for hydroxylation is 2. The summed E-state index contributed by atoms with van der Waals surface area (Å²) in [5.41, 5.74) is 1.50. The standard InChI is InChI=1S/C15H17N9OS/c1-9-17-15(26-22-9)21-19-11-7-10(12(23(2)3)8-13(11)25)18-20-14-5-6-16-24(14)4/h5-8,25H,1-4H3/b20-18+,21-19+. The number of anilines is 1. The maximum atomic E-state index is 10.2. The zero-order valence-corrected chi connectivity index (χ0v) is 15.5. The van der Waals surface area contributed by atoms with E-state index in [1.807, 2.05) is 19.0 Å². The summed E-state index contributed by atoms with van der Waals surface area (Å²) in [7, 11) is 5.48. The summed E-state index contributed by atoms with van der Waals surface area (Å²) < 4.78 is 5.65. The lowest BCUT2D eigenvalue weighted by Crippen LogP contribution is -2.08. The van der Waals surface area contributed by atoms with Crippen LogP contribution in [0, 0.1) is 6.92 Å². The predicted octanol–water partition coefficient (Wildman–Crippen LogP) is 4.18. The van der Waals surface area contributed by atoms with Crippen molar-refractivity contribution in [3.05, 3.63) is 30.2 Å². The van der Waals surface area contributed by atoms with E-state index in [0.29, 0.717) is 28.1 Å². The van der Waals surface area contributed by atoms with Crippen molar-refractivity contribution in [3.8, 4) is 5.75 Å². The van der Waals surface area contributed by atoms with Crippen LogP contribution in [0.25, 0.3) is 0 Å². The third-order valence-corrected chi connectivity index (χ3v) is 4.06. The quantitative estimate of drug-likeness (QED) is 0.675. The second-order valence-electron chi connectivity index (χ2n) is 5.56. The van der Waals surface area contributed by atoms with Gasteiger partial charge in [0.15, 0.2) is 5.82 Å². The number of hydrogen-bond donors (Lipinski definition) is 1. The summed E-state index contributed by atoms with van der Waals surface area (Å²) >= 11 is 1.13. The molecule has 0 radical (unpaired) electrons. The van der Waals surface area contributed by atoms with Gasteiger partial charge in [-0.3, -0.25) is 0 Å². The van der Waals surface area contributed by atoms with Crippen molar-refractivity contribution in [1.29, 1.82) is 0 Å². The molecule has 0 fully saturated rings. The lowest BCUT2D eigenvalue weighted by Gasteiger charge is -2.15. The monoisotopic (exact) mass is 371 g/mol. The van der Waals surface area contributed by atoms with E-state index in [0.717, 1.165) is 11.5 Å². The van der Waals surface area contributed by atoms with Crippen molar-refractivity contribution >= 4 is 39.5 Å². The van der Waals surface area contributed by atoms with Gasteiger partial charge in [-0.05, 0) is 13.0 Å². The van der Waals surface area contributed by atoms with E-state index in [1.165, 1.54) is 0 Å². The average molecular weight is 371 g/mol. The molecule has 0 bridgehead atoms. The van der Waals surface area contributed by atoms with Crippen LogP contribution in [-0.2, 0) is 7.05 Å². The molecule has 0 atom stereocenters. The van der Waals surface area contributed by atoms with Gasteiger partial charge in [-0.25, -0.2) is 9.67 Å². The van der Waals surface area contributed by atoms with Crippen LogP contribution in [0.3, 0.4) is 0 Å². The maximum Gasteiger partial charge on any atom is 0.249 e. The molecule has 0 aliphatic heterocycles. The molecule has 0 unspecified atom stereocenters. The van der Waals surface area contributed by atoms with E-state index in [9.17, 15) is 5.11 Å². The van der Waals surface area contributed by atoms with Gasteiger partial charge in [-0.15, -0.1) is 20.5 Å². The molecule has 0 saturated heterocycles. The van der Waals surface area contributed by atoms with Crippen LogP contribution in [0.4, 0.5) is 28.0 Å². The normalized spacial score (nSPS) is 11.7. The van der Waals surface area contributed by atoms with E-state index < -0.39 is 0 Å². The molecule has 2 aromatic heterocycles. The molecule has 0 spiro atoms. The van der Waals surface area contributed by atoms with Crippen molar-refractivity contribution in [2.24, 2.45) is 27.5 Å². The third-order valence-electron chi connectivity index (χ3n) is 3.37. The highest BCUT2D eigenvalue weighted by molar-refractivity contribution is 7.09. The van der Waals surface area contributed by atoms with Gasteiger partial charge in [0, 0.05) is 44.8 Å². The maximum absolute atomic E-state index is 10.2. The van der Waals surface area contributed by atoms with Gasteiger partial charge in [0.1, 0.15) is 22.9 Å². The van der Waals surface area contributed by atoms with Crippen LogP contribution in [-0.4, -0.2) is 38.3 Å². The van der Waals surface area contributed by atoms with E-state index in [1.54, 1.807) is 43.0 Å². The Bertz CT molecular complexity index is 973. The minimum absolute atomic E-state index is 0.0156. The topological polar surface area (TPSA) is 117 Å². The van der Waals surface area contributed by atoms with Gasteiger partial charge in [-0.1, -0.05) is 0 Å². The van der Waals surface area contributed by atoms with Gasteiger partial charge >= 0.3 is 0 Å². The van der Waals surface area contributed by atoms with Gasteiger partial charge in [0.05, 0.1) is 11.9 Å². The lowest BCUT2D eigenvalue weighted by molar-refractivity contribution is 0.476. The molecule has 134 valence electrons. The third kappa shape index (κ3) is 3.88. The van der Waals surface area contributed by atoms with E-state index in [2.05, 4.69) is 34.9 Å². The second-order valence-corrected chi connectivity index (χ2v) is 6.29. The van der Waals surface area contributed by atoms with Crippen molar-refractivity contribution in [2.45, 2.75) is 6.92 Å². The highest BCUT2D eigenvalue weighted by Crippen LogP contribution is 2.40. The SMILES string of the molecule is Cc1nsc(/N=N/c2cc(/N=N/c3ccnn3C)c(N(C)C)cc2O)n1. The van der Waals surface area contributed by atoms with Crippen LogP contribution in [0.15, 0.2) is 44.9 Å². The zero-order chi connectivity index (χ0) is 18.7. The molecule has 3 aromatic rings. The van der Waals surface area contributed by atoms with Crippen molar-refractivity contribution in [3.63, 3.8) is 0 Å². The van der Waals surface area contributed by atoms with Gasteiger partial charge in [0.25, 0.3) is 0 Å². The molecule has 0 aliphatic rings. The molecule has 2 heterocycles. The van der Waals surface area contributed by atoms with Gasteiger partial charge in [0.2, 0.25) is 5.13 Å². The van der Waals surface area contributed by atoms with Gasteiger partial charge in [-0.2, -0.15) is 9.47 Å². The Labute approximate surface area is 153 Å². The van der Waals surface area contributed by atoms with Crippen molar-refractivity contribution in [2.75, 3.05) is 19.0 Å². The Morgan fingerprint density at radius 2 is 1.88 bits per heavy atom. The zero-order valence-electron chi connectivity index (χ0n) is 14.7. The van der Waals surface area contributed by atoms with E-state index >= 15 is 0 Å². The smallest absolute Gasteiger partial charge is 0.249 e. The first-order valence-corrected chi connectivity index (χ1v) is 8.37. The molecule has 26 heavy (non-hydrogen) atoms. The minimum Gasteiger partial charge on any atom is -0.506 e. The number of rotatable bonds is 5. The fourth-order valence-corrected chi connectivity index (χ4v) is 2.57. The molecule has 0 saturated carbocycles. The fraction of sp³-hybridized carbons (Fsp3) is 0.267. The second kappa shape index (κ2) is 7.35. The number of benzene rings is 1. The minimum atomic E-state index is -0.0156. The molecule has 0 aliphatic carbocycles. The van der Waals surface area contributed by atoms with Crippen LogP contribution in [0.1, 0.15) is 5.82 Å². The summed E-state index contributed by atoms with van der Waals surface area (Å²) in [5, 5.41) is 31.2. The number of phenols is 1. The molecule has 11 heteroatoms. The van der Waals surface area contributed by atoms with E-state index in [4.69, 9.17) is 0 Å². The Hall–Kier alpha value is -3.21. The molecular formula is C15H17N9OS. The highest BCUT2D eigenvalue weighted by atomic mass is 32.1. The first kappa shape index (κ1) is 17.6. The van der Waals surface area contributed by atoms with Crippen LogP contribution < -0.4 is 4.90 Å².